The number of hydrogen-bond donors (Lipinski definition) is 5. The first-order chi connectivity index (χ1) is 19.9. The van der Waals surface area contributed by atoms with Gasteiger partial charge in [-0.25, -0.2) is 0 Å². The van der Waals surface area contributed by atoms with E-state index in [1.807, 2.05) is 0 Å². The van der Waals surface area contributed by atoms with Gasteiger partial charge in [0.2, 0.25) is 11.8 Å². The van der Waals surface area contributed by atoms with E-state index in [1.165, 1.54) is 83.5 Å². The van der Waals surface area contributed by atoms with E-state index in [0.29, 0.717) is 13.0 Å². The lowest BCUT2D eigenvalue weighted by molar-refractivity contribution is -0.231. The average molecular weight is 586 g/mol. The Kier molecular flexibility index (Phi) is 22.3. The molecule has 0 spiro atoms. The number of aliphatic hydroxyl groups excluding tert-OH is 3. The van der Waals surface area contributed by atoms with Crippen LogP contribution in [0.2, 0.25) is 0 Å². The zero-order valence-electron chi connectivity index (χ0n) is 26.2. The molecule has 41 heavy (non-hydrogen) atoms. The summed E-state index contributed by atoms with van der Waals surface area (Å²) in [4.78, 5) is 27.3. The number of unbranched alkanes of at least 4 members (excludes halogenated alkanes) is 17. The maximum atomic E-state index is 13.5. The van der Waals surface area contributed by atoms with Crippen molar-refractivity contribution in [3.8, 4) is 0 Å². The number of amides is 2. The fourth-order valence-electron chi connectivity index (χ4n) is 5.66. The number of aliphatic hydroxyl groups is 3. The van der Waals surface area contributed by atoms with Crippen molar-refractivity contribution in [1.29, 1.82) is 0 Å². The molecule has 0 bridgehead atoms. The van der Waals surface area contributed by atoms with Gasteiger partial charge in [0.25, 0.3) is 0 Å². The molecule has 9 heteroatoms. The maximum Gasteiger partial charge on any atom is 0.234 e. The topological polar surface area (TPSA) is 145 Å². The zero-order chi connectivity index (χ0) is 30.3. The first-order valence-electron chi connectivity index (χ1n) is 16.8. The lowest BCUT2D eigenvalue weighted by Crippen LogP contribution is -2.69. The number of nitrogens with two attached hydrogens (primary N) is 1. The van der Waals surface area contributed by atoms with E-state index in [1.54, 1.807) is 4.90 Å². The Morgan fingerprint density at radius 2 is 1.20 bits per heavy atom. The van der Waals surface area contributed by atoms with Gasteiger partial charge in [-0.2, -0.15) is 0 Å². The van der Waals surface area contributed by atoms with Crippen LogP contribution in [-0.4, -0.2) is 82.3 Å². The van der Waals surface area contributed by atoms with Crippen LogP contribution in [0.3, 0.4) is 0 Å². The van der Waals surface area contributed by atoms with Crippen molar-refractivity contribution in [2.75, 3.05) is 19.7 Å². The summed E-state index contributed by atoms with van der Waals surface area (Å²) >= 11 is 0. The highest BCUT2D eigenvalue weighted by Gasteiger charge is 2.47. The van der Waals surface area contributed by atoms with Crippen molar-refractivity contribution in [3.05, 3.63) is 0 Å². The predicted octanol–water partition coefficient (Wildman–Crippen LogP) is 4.54. The number of ether oxygens (including phenoxy) is 1. The standard InChI is InChI=1S/C32H63N3O6/c1-3-5-7-9-11-13-15-17-19-21-23-35(28(38)22-20-18-16-14-12-10-8-6-4-2)32-29(34-27(37)24-33)31(40)30(39)26(25-36)41-32/h26,29-32,36,39-40H,3-25,33H2,1-2H3,(H,34,37)/t26-,29+,30-,31-,32-/m1/s1. The number of carbonyl (C=O) groups is 2. The molecular formula is C32H63N3O6. The largest absolute Gasteiger partial charge is 0.394 e. The van der Waals surface area contributed by atoms with Crippen LogP contribution in [0.15, 0.2) is 0 Å². The van der Waals surface area contributed by atoms with Crippen LogP contribution in [0.1, 0.15) is 142 Å². The van der Waals surface area contributed by atoms with Crippen LogP contribution < -0.4 is 11.1 Å². The highest BCUT2D eigenvalue weighted by molar-refractivity contribution is 5.79. The highest BCUT2D eigenvalue weighted by Crippen LogP contribution is 2.26. The van der Waals surface area contributed by atoms with E-state index >= 15 is 0 Å². The van der Waals surface area contributed by atoms with Crippen molar-refractivity contribution in [3.63, 3.8) is 0 Å². The van der Waals surface area contributed by atoms with Gasteiger partial charge in [-0.3, -0.25) is 9.59 Å². The van der Waals surface area contributed by atoms with Crippen molar-refractivity contribution in [1.82, 2.24) is 10.2 Å². The van der Waals surface area contributed by atoms with Crippen LogP contribution in [0.4, 0.5) is 0 Å². The van der Waals surface area contributed by atoms with Crippen LogP contribution >= 0.6 is 0 Å². The summed E-state index contributed by atoms with van der Waals surface area (Å²) < 4.78 is 5.98. The smallest absolute Gasteiger partial charge is 0.234 e. The van der Waals surface area contributed by atoms with Crippen LogP contribution in [0.5, 0.6) is 0 Å². The average Bonchev–Trinajstić information content (AvgIpc) is 2.97. The highest BCUT2D eigenvalue weighted by atomic mass is 16.5. The molecule has 0 aromatic rings. The van der Waals surface area contributed by atoms with Crippen LogP contribution in [0.25, 0.3) is 0 Å². The second-order valence-electron chi connectivity index (χ2n) is 11.9. The maximum absolute atomic E-state index is 13.5. The minimum atomic E-state index is -1.41. The third kappa shape index (κ3) is 15.7. The van der Waals surface area contributed by atoms with Gasteiger partial charge in [0.15, 0.2) is 6.23 Å². The van der Waals surface area contributed by atoms with E-state index in [0.717, 1.165) is 38.5 Å². The molecule has 0 aliphatic carbocycles. The van der Waals surface area contributed by atoms with Crippen molar-refractivity contribution in [2.24, 2.45) is 5.73 Å². The molecule has 0 saturated carbocycles. The van der Waals surface area contributed by atoms with Crippen molar-refractivity contribution >= 4 is 11.8 Å². The number of rotatable bonds is 25. The number of hydrogen-bond acceptors (Lipinski definition) is 7. The number of nitrogens with one attached hydrogen (secondary N) is 1. The molecule has 2 amide bonds. The van der Waals surface area contributed by atoms with Gasteiger partial charge in [0.1, 0.15) is 24.4 Å². The van der Waals surface area contributed by atoms with Crippen molar-refractivity contribution in [2.45, 2.75) is 173 Å². The summed E-state index contributed by atoms with van der Waals surface area (Å²) in [5.74, 6) is -0.608. The Morgan fingerprint density at radius 1 is 0.732 bits per heavy atom. The second-order valence-corrected chi connectivity index (χ2v) is 11.9. The summed E-state index contributed by atoms with van der Waals surface area (Å²) in [5, 5.41) is 33.7. The van der Waals surface area contributed by atoms with Gasteiger partial charge < -0.3 is 36.0 Å². The summed E-state index contributed by atoms with van der Waals surface area (Å²) in [6, 6.07) is -1.04. The molecule has 1 aliphatic heterocycles. The third-order valence-corrected chi connectivity index (χ3v) is 8.29. The Morgan fingerprint density at radius 3 is 1.66 bits per heavy atom. The van der Waals surface area contributed by atoms with Gasteiger partial charge >= 0.3 is 0 Å². The first kappa shape index (κ1) is 37.8. The van der Waals surface area contributed by atoms with E-state index in [-0.39, 0.29) is 12.5 Å². The quantitative estimate of drug-likeness (QED) is 0.0989. The second kappa shape index (κ2) is 24.2. The molecule has 6 N–H and O–H groups in total. The molecule has 1 saturated heterocycles. The molecule has 0 aromatic carbocycles. The van der Waals surface area contributed by atoms with E-state index in [9.17, 15) is 24.9 Å². The van der Waals surface area contributed by atoms with E-state index in [2.05, 4.69) is 19.2 Å². The monoisotopic (exact) mass is 585 g/mol. The molecular weight excluding hydrogens is 522 g/mol. The van der Waals surface area contributed by atoms with Crippen LogP contribution in [-0.2, 0) is 14.3 Å². The molecule has 1 heterocycles. The van der Waals surface area contributed by atoms with Gasteiger partial charge in [-0.15, -0.1) is 0 Å². The summed E-state index contributed by atoms with van der Waals surface area (Å²) in [5.41, 5.74) is 5.50. The normalized spacial score (nSPS) is 22.5. The van der Waals surface area contributed by atoms with Gasteiger partial charge in [0.05, 0.1) is 13.2 Å². The number of nitrogens with zero attached hydrogens (tertiary/aromatic N) is 1. The summed E-state index contributed by atoms with van der Waals surface area (Å²) in [7, 11) is 0. The molecule has 5 atom stereocenters. The minimum Gasteiger partial charge on any atom is -0.394 e. The minimum absolute atomic E-state index is 0.0962. The van der Waals surface area contributed by atoms with Crippen molar-refractivity contribution < 1.29 is 29.6 Å². The molecule has 1 fully saturated rings. The van der Waals surface area contributed by atoms with E-state index < -0.39 is 43.1 Å². The lowest BCUT2D eigenvalue weighted by atomic mass is 9.94. The molecule has 0 unspecified atom stereocenters. The Hall–Kier alpha value is -1.26. The third-order valence-electron chi connectivity index (χ3n) is 8.29. The molecule has 1 rings (SSSR count). The van der Waals surface area contributed by atoms with Crippen LogP contribution in [0, 0.1) is 0 Å². The predicted molar refractivity (Wildman–Crippen MR) is 164 cm³/mol. The van der Waals surface area contributed by atoms with Gasteiger partial charge in [-0.05, 0) is 12.8 Å². The fourth-order valence-corrected chi connectivity index (χ4v) is 5.66. The van der Waals surface area contributed by atoms with E-state index in [4.69, 9.17) is 10.5 Å². The molecule has 0 aromatic heterocycles. The Labute approximate surface area is 250 Å². The molecule has 0 radical (unpaired) electrons. The SMILES string of the molecule is CCCCCCCCCCCCN(C(=O)CCCCCCCCCCC)[C@@H]1O[C@H](CO)[C@@H](O)[C@H](O)[C@@H]1NC(=O)CN. The van der Waals surface area contributed by atoms with Gasteiger partial charge in [-0.1, -0.05) is 123 Å². The number of carbonyl (C=O) groups excluding carboxylic acids is 2. The lowest BCUT2D eigenvalue weighted by Gasteiger charge is -2.46. The first-order valence-corrected chi connectivity index (χ1v) is 16.8. The fraction of sp³-hybridized carbons (Fsp3) is 0.938. The zero-order valence-corrected chi connectivity index (χ0v) is 26.2. The molecule has 9 nitrogen and oxygen atoms in total. The summed E-state index contributed by atoms with van der Waals surface area (Å²) in [6.45, 7) is 4.07. The molecule has 242 valence electrons. The Balaban J connectivity index is 2.74. The van der Waals surface area contributed by atoms with Gasteiger partial charge in [0, 0.05) is 13.0 Å². The summed E-state index contributed by atoms with van der Waals surface area (Å²) in [6.07, 6.45) is 17.5. The Bertz CT molecular complexity index is 667. The molecule has 1 aliphatic rings.